The van der Waals surface area contributed by atoms with E-state index in [1.807, 2.05) is 0 Å². The lowest BCUT2D eigenvalue weighted by molar-refractivity contribution is -0.137. The normalized spacial score (nSPS) is 11.8. The molecule has 0 aliphatic heterocycles. The van der Waals surface area contributed by atoms with Crippen molar-refractivity contribution in [3.05, 3.63) is 87.3 Å². The van der Waals surface area contributed by atoms with Gasteiger partial charge in [-0.2, -0.15) is 13.2 Å². The van der Waals surface area contributed by atoms with Crippen LogP contribution in [0.25, 0.3) is 38.9 Å². The number of alkyl halides is 3. The third kappa shape index (κ3) is 3.70. The van der Waals surface area contributed by atoms with E-state index in [9.17, 15) is 22.8 Å². The van der Waals surface area contributed by atoms with Gasteiger partial charge < -0.3 is 4.74 Å². The molecule has 0 aliphatic rings. The number of nitrogens with zero attached hydrogens (tertiary/aromatic N) is 5. The van der Waals surface area contributed by atoms with E-state index >= 15 is 0 Å². The molecular formula is C24H16F3N5O3. The average molecular weight is 479 g/mol. The molecular weight excluding hydrogens is 463 g/mol. The lowest BCUT2D eigenvalue weighted by Crippen LogP contribution is -2.37. The van der Waals surface area contributed by atoms with Crippen LogP contribution in [-0.2, 0) is 13.2 Å². The van der Waals surface area contributed by atoms with Crippen molar-refractivity contribution in [1.29, 1.82) is 0 Å². The van der Waals surface area contributed by atoms with Gasteiger partial charge in [-0.05, 0) is 36.4 Å². The van der Waals surface area contributed by atoms with E-state index in [-0.39, 0.29) is 22.1 Å². The van der Waals surface area contributed by atoms with Crippen LogP contribution in [-0.4, -0.2) is 31.2 Å². The summed E-state index contributed by atoms with van der Waals surface area (Å²) in [6, 6.07) is 11.1. The van der Waals surface area contributed by atoms with Gasteiger partial charge in [-0.15, -0.1) is 0 Å². The van der Waals surface area contributed by atoms with E-state index < -0.39 is 23.0 Å². The predicted octanol–water partition coefficient (Wildman–Crippen LogP) is 3.72. The molecule has 0 fully saturated rings. The molecule has 1 aromatic carbocycles. The van der Waals surface area contributed by atoms with Crippen LogP contribution >= 0.6 is 0 Å². The molecule has 0 aliphatic carbocycles. The predicted molar refractivity (Wildman–Crippen MR) is 123 cm³/mol. The fourth-order valence-corrected chi connectivity index (χ4v) is 3.82. The molecule has 0 bridgehead atoms. The minimum atomic E-state index is -4.62. The van der Waals surface area contributed by atoms with Gasteiger partial charge in [0.15, 0.2) is 0 Å². The molecule has 5 aromatic rings. The summed E-state index contributed by atoms with van der Waals surface area (Å²) in [5, 5.41) is 0.0366. The molecule has 0 radical (unpaired) electrons. The first-order valence-corrected chi connectivity index (χ1v) is 10.3. The van der Waals surface area contributed by atoms with E-state index in [2.05, 4.69) is 15.0 Å². The van der Waals surface area contributed by atoms with Gasteiger partial charge in [0, 0.05) is 31.1 Å². The molecule has 0 saturated heterocycles. The van der Waals surface area contributed by atoms with Crippen LogP contribution in [0.2, 0.25) is 0 Å². The van der Waals surface area contributed by atoms with Gasteiger partial charge in [0.25, 0.3) is 5.56 Å². The standard InChI is InChI=1S/C24H16F3N5O3/c1-31-22(33)16-12-28-18-8-7-17(13-6-9-19(35-2)29-11-13)30-20(18)21(16)32(23(31)34)15-5-3-4-14(10-15)24(25,26)27/h3-12H,1-2H3. The third-order valence-corrected chi connectivity index (χ3v) is 5.60. The molecule has 5 rings (SSSR count). The Kier molecular flexibility index (Phi) is 5.12. The maximum atomic E-state index is 13.4. The number of aromatic nitrogens is 5. The second-order valence-electron chi connectivity index (χ2n) is 7.70. The number of benzene rings is 1. The lowest BCUT2D eigenvalue weighted by Gasteiger charge is -2.15. The number of methoxy groups -OCH3 is 1. The van der Waals surface area contributed by atoms with Crippen molar-refractivity contribution in [2.75, 3.05) is 7.11 Å². The summed E-state index contributed by atoms with van der Waals surface area (Å²) in [6.07, 6.45) is -1.78. The highest BCUT2D eigenvalue weighted by atomic mass is 19.4. The van der Waals surface area contributed by atoms with E-state index in [0.29, 0.717) is 22.7 Å². The first-order chi connectivity index (χ1) is 16.7. The van der Waals surface area contributed by atoms with Crippen molar-refractivity contribution in [2.45, 2.75) is 6.18 Å². The number of fused-ring (bicyclic) bond motifs is 3. The fourth-order valence-electron chi connectivity index (χ4n) is 3.82. The summed E-state index contributed by atoms with van der Waals surface area (Å²) >= 11 is 0. The lowest BCUT2D eigenvalue weighted by atomic mass is 10.1. The van der Waals surface area contributed by atoms with Gasteiger partial charge in [0.1, 0.15) is 5.52 Å². The molecule has 0 unspecified atom stereocenters. The Morgan fingerprint density at radius 3 is 2.46 bits per heavy atom. The zero-order chi connectivity index (χ0) is 24.9. The van der Waals surface area contributed by atoms with E-state index in [1.165, 1.54) is 32.5 Å². The summed E-state index contributed by atoms with van der Waals surface area (Å²) in [6.45, 7) is 0. The molecule has 0 spiro atoms. The smallest absolute Gasteiger partial charge is 0.416 e. The minimum absolute atomic E-state index is 0.0366. The van der Waals surface area contributed by atoms with Gasteiger partial charge in [0.2, 0.25) is 5.88 Å². The highest BCUT2D eigenvalue weighted by Crippen LogP contribution is 2.31. The molecule has 11 heteroatoms. The quantitative estimate of drug-likeness (QED) is 0.367. The highest BCUT2D eigenvalue weighted by Gasteiger charge is 2.31. The molecule has 8 nitrogen and oxygen atoms in total. The van der Waals surface area contributed by atoms with Gasteiger partial charge in [-0.1, -0.05) is 6.07 Å². The van der Waals surface area contributed by atoms with E-state index in [1.54, 1.807) is 30.5 Å². The molecule has 4 aromatic heterocycles. The molecule has 0 saturated carbocycles. The zero-order valence-electron chi connectivity index (χ0n) is 18.4. The molecule has 0 N–H and O–H groups in total. The zero-order valence-corrected chi connectivity index (χ0v) is 18.4. The number of ether oxygens (including phenoxy) is 1. The summed E-state index contributed by atoms with van der Waals surface area (Å²) in [4.78, 5) is 39.2. The van der Waals surface area contributed by atoms with Crippen LogP contribution in [0, 0.1) is 0 Å². The molecule has 0 atom stereocenters. The van der Waals surface area contributed by atoms with Crippen molar-refractivity contribution < 1.29 is 17.9 Å². The second kappa shape index (κ2) is 8.05. The Morgan fingerprint density at radius 1 is 0.971 bits per heavy atom. The Morgan fingerprint density at radius 2 is 1.77 bits per heavy atom. The monoisotopic (exact) mass is 479 g/mol. The van der Waals surface area contributed by atoms with Crippen LogP contribution in [0.5, 0.6) is 5.88 Å². The molecule has 4 heterocycles. The topological polar surface area (TPSA) is 91.9 Å². The van der Waals surface area contributed by atoms with Gasteiger partial charge >= 0.3 is 11.9 Å². The van der Waals surface area contributed by atoms with Crippen LogP contribution in [0.3, 0.4) is 0 Å². The van der Waals surface area contributed by atoms with Crippen LogP contribution < -0.4 is 16.0 Å². The first kappa shape index (κ1) is 22.3. The maximum Gasteiger partial charge on any atom is 0.416 e. The summed E-state index contributed by atoms with van der Waals surface area (Å²) in [7, 11) is 2.74. The second-order valence-corrected chi connectivity index (χ2v) is 7.70. The Balaban J connectivity index is 1.88. The molecule has 0 amide bonds. The SMILES string of the molecule is COc1ccc(-c2ccc3ncc4c(=O)n(C)c(=O)n(-c5cccc(C(F)(F)F)c5)c4c3n2)cn1. The Labute approximate surface area is 194 Å². The first-order valence-electron chi connectivity index (χ1n) is 10.3. The minimum Gasteiger partial charge on any atom is -0.481 e. The van der Waals surface area contributed by atoms with Crippen LogP contribution in [0.15, 0.2) is 70.5 Å². The Hall–Kier alpha value is -4.54. The van der Waals surface area contributed by atoms with Crippen LogP contribution in [0.1, 0.15) is 5.56 Å². The highest BCUT2D eigenvalue weighted by molar-refractivity contribution is 6.01. The van der Waals surface area contributed by atoms with Crippen molar-refractivity contribution in [3.63, 3.8) is 0 Å². The summed E-state index contributed by atoms with van der Waals surface area (Å²) < 4.78 is 47.2. The van der Waals surface area contributed by atoms with E-state index in [4.69, 9.17) is 4.74 Å². The number of pyridine rings is 3. The number of hydrogen-bond donors (Lipinski definition) is 0. The van der Waals surface area contributed by atoms with E-state index in [0.717, 1.165) is 21.3 Å². The van der Waals surface area contributed by atoms with Crippen molar-refractivity contribution in [1.82, 2.24) is 24.1 Å². The van der Waals surface area contributed by atoms with Gasteiger partial charge in [0.05, 0.1) is 40.5 Å². The largest absolute Gasteiger partial charge is 0.481 e. The molecule has 35 heavy (non-hydrogen) atoms. The fraction of sp³-hybridized carbons (Fsp3) is 0.125. The molecule has 176 valence electrons. The number of hydrogen-bond acceptors (Lipinski definition) is 6. The summed E-state index contributed by atoms with van der Waals surface area (Å²) in [5.41, 5.74) is -0.748. The third-order valence-electron chi connectivity index (χ3n) is 5.60. The average Bonchev–Trinajstić information content (AvgIpc) is 2.86. The van der Waals surface area contributed by atoms with Gasteiger partial charge in [-0.25, -0.2) is 14.8 Å². The van der Waals surface area contributed by atoms with Crippen molar-refractivity contribution in [3.8, 4) is 22.8 Å². The maximum absolute atomic E-state index is 13.4. The van der Waals surface area contributed by atoms with Gasteiger partial charge in [-0.3, -0.25) is 18.9 Å². The van der Waals surface area contributed by atoms with Crippen LogP contribution in [0.4, 0.5) is 13.2 Å². The summed E-state index contributed by atoms with van der Waals surface area (Å²) in [5.74, 6) is 0.406. The van der Waals surface area contributed by atoms with Crippen molar-refractivity contribution >= 4 is 21.9 Å². The number of rotatable bonds is 3. The Bertz CT molecular complexity index is 1720. The number of halogens is 3. The van der Waals surface area contributed by atoms with Crippen molar-refractivity contribution in [2.24, 2.45) is 7.05 Å².